The zero-order valence-electron chi connectivity index (χ0n) is 19.8. The molecule has 5 rings (SSSR count). The van der Waals surface area contributed by atoms with E-state index in [-0.39, 0.29) is 12.5 Å². The molecule has 1 saturated heterocycles. The van der Waals surface area contributed by atoms with E-state index in [0.717, 1.165) is 40.3 Å². The molecule has 1 aromatic heterocycles. The van der Waals surface area contributed by atoms with E-state index < -0.39 is 23.5 Å². The van der Waals surface area contributed by atoms with Gasteiger partial charge in [-0.25, -0.2) is 9.80 Å². The number of thiophene rings is 1. The van der Waals surface area contributed by atoms with E-state index in [9.17, 15) is 14.4 Å². The summed E-state index contributed by atoms with van der Waals surface area (Å²) in [6.07, 6.45) is 4.55. The molecule has 0 unspecified atom stereocenters. The van der Waals surface area contributed by atoms with Crippen LogP contribution >= 0.6 is 11.3 Å². The number of ether oxygens (including phenoxy) is 2. The molecule has 184 valence electrons. The van der Waals surface area contributed by atoms with Crippen molar-refractivity contribution >= 4 is 34.9 Å². The summed E-state index contributed by atoms with van der Waals surface area (Å²) in [7, 11) is 3.13. The van der Waals surface area contributed by atoms with Crippen LogP contribution in [0.15, 0.2) is 40.8 Å². The second kappa shape index (κ2) is 9.33. The molecule has 1 saturated carbocycles. The van der Waals surface area contributed by atoms with Crippen LogP contribution in [0.2, 0.25) is 0 Å². The SMILES string of the molecule is COc1ccc([C@H]2CC(c3cccs3)=NN2C(=O)CN2C(=O)NC3(CCCCC3)C2=O)cc1OC. The van der Waals surface area contributed by atoms with Crippen molar-refractivity contribution in [3.63, 3.8) is 0 Å². The zero-order valence-corrected chi connectivity index (χ0v) is 20.6. The number of urea groups is 1. The molecule has 1 spiro atoms. The van der Waals surface area contributed by atoms with Gasteiger partial charge in [0, 0.05) is 6.42 Å². The molecule has 10 heteroatoms. The van der Waals surface area contributed by atoms with Gasteiger partial charge in [0.25, 0.3) is 11.8 Å². The lowest BCUT2D eigenvalue weighted by molar-refractivity contribution is -0.140. The third-order valence-electron chi connectivity index (χ3n) is 7.01. The first-order chi connectivity index (χ1) is 17.0. The minimum absolute atomic E-state index is 0.306. The third-order valence-corrected chi connectivity index (χ3v) is 7.93. The van der Waals surface area contributed by atoms with Crippen molar-refractivity contribution in [2.75, 3.05) is 20.8 Å². The molecule has 3 aliphatic rings. The Balaban J connectivity index is 1.42. The van der Waals surface area contributed by atoms with Crippen molar-refractivity contribution in [3.05, 3.63) is 46.2 Å². The van der Waals surface area contributed by atoms with E-state index >= 15 is 0 Å². The van der Waals surface area contributed by atoms with Crippen molar-refractivity contribution in [1.29, 1.82) is 0 Å². The Bertz CT molecular complexity index is 1170. The summed E-state index contributed by atoms with van der Waals surface area (Å²) in [6.45, 7) is -0.350. The minimum Gasteiger partial charge on any atom is -0.493 e. The topological polar surface area (TPSA) is 101 Å². The van der Waals surface area contributed by atoms with Gasteiger partial charge in [-0.15, -0.1) is 11.3 Å². The number of imide groups is 1. The molecule has 2 fully saturated rings. The number of nitrogens with zero attached hydrogens (tertiary/aromatic N) is 3. The number of carbonyl (C=O) groups excluding carboxylic acids is 3. The van der Waals surface area contributed by atoms with Crippen LogP contribution in [0.25, 0.3) is 0 Å². The Morgan fingerprint density at radius 3 is 2.60 bits per heavy atom. The van der Waals surface area contributed by atoms with Crippen molar-refractivity contribution in [2.24, 2.45) is 5.10 Å². The zero-order chi connectivity index (χ0) is 24.6. The average molecular weight is 497 g/mol. The molecule has 3 heterocycles. The number of amides is 4. The maximum Gasteiger partial charge on any atom is 0.325 e. The predicted molar refractivity (Wildman–Crippen MR) is 131 cm³/mol. The van der Waals surface area contributed by atoms with Crippen molar-refractivity contribution < 1.29 is 23.9 Å². The quantitative estimate of drug-likeness (QED) is 0.615. The monoisotopic (exact) mass is 496 g/mol. The molecule has 0 bridgehead atoms. The fourth-order valence-electron chi connectivity index (χ4n) is 5.17. The molecule has 0 radical (unpaired) electrons. The van der Waals surface area contributed by atoms with Gasteiger partial charge in [-0.2, -0.15) is 5.10 Å². The molecule has 35 heavy (non-hydrogen) atoms. The van der Waals surface area contributed by atoms with Crippen LogP contribution in [-0.4, -0.2) is 59.8 Å². The molecule has 1 aliphatic carbocycles. The second-order valence-corrected chi connectivity index (χ2v) is 10.0. The van der Waals surface area contributed by atoms with Gasteiger partial charge >= 0.3 is 6.03 Å². The number of nitrogens with one attached hydrogen (secondary N) is 1. The van der Waals surface area contributed by atoms with Gasteiger partial charge in [-0.1, -0.05) is 31.4 Å². The fourth-order valence-corrected chi connectivity index (χ4v) is 5.89. The number of hydrogen-bond acceptors (Lipinski definition) is 7. The Kier molecular flexibility index (Phi) is 6.22. The maximum atomic E-state index is 13.5. The Morgan fingerprint density at radius 1 is 1.14 bits per heavy atom. The molecule has 2 aliphatic heterocycles. The lowest BCUT2D eigenvalue weighted by atomic mass is 9.82. The van der Waals surface area contributed by atoms with Crippen molar-refractivity contribution in [2.45, 2.75) is 50.1 Å². The van der Waals surface area contributed by atoms with Gasteiger partial charge in [-0.05, 0) is 42.0 Å². The number of methoxy groups -OCH3 is 2. The summed E-state index contributed by atoms with van der Waals surface area (Å²) in [5, 5.41) is 10.9. The van der Waals surface area contributed by atoms with Crippen LogP contribution in [0.5, 0.6) is 11.5 Å². The fraction of sp³-hybridized carbons (Fsp3) is 0.440. The largest absolute Gasteiger partial charge is 0.493 e. The lowest BCUT2D eigenvalue weighted by Crippen LogP contribution is -2.49. The molecule has 1 aromatic carbocycles. The van der Waals surface area contributed by atoms with Gasteiger partial charge in [0.15, 0.2) is 11.5 Å². The van der Waals surface area contributed by atoms with Gasteiger partial charge in [-0.3, -0.25) is 14.5 Å². The maximum absolute atomic E-state index is 13.5. The van der Waals surface area contributed by atoms with Crippen LogP contribution in [-0.2, 0) is 9.59 Å². The summed E-state index contributed by atoms with van der Waals surface area (Å²) in [4.78, 5) is 41.5. The van der Waals surface area contributed by atoms with E-state index in [0.29, 0.717) is 30.8 Å². The summed E-state index contributed by atoms with van der Waals surface area (Å²) in [6, 6.07) is 8.51. The summed E-state index contributed by atoms with van der Waals surface area (Å²) < 4.78 is 10.8. The van der Waals surface area contributed by atoms with E-state index in [2.05, 4.69) is 10.4 Å². The van der Waals surface area contributed by atoms with Crippen LogP contribution in [0.3, 0.4) is 0 Å². The lowest BCUT2D eigenvalue weighted by Gasteiger charge is -2.30. The van der Waals surface area contributed by atoms with Gasteiger partial charge in [0.05, 0.1) is 30.9 Å². The Labute approximate surface area is 207 Å². The summed E-state index contributed by atoms with van der Waals surface area (Å²) in [5.41, 5.74) is 0.746. The smallest absolute Gasteiger partial charge is 0.325 e. The molecule has 2 aromatic rings. The Morgan fingerprint density at radius 2 is 1.91 bits per heavy atom. The summed E-state index contributed by atoms with van der Waals surface area (Å²) in [5.74, 6) is 0.423. The second-order valence-electron chi connectivity index (χ2n) is 9.06. The highest BCUT2D eigenvalue weighted by Gasteiger charge is 2.52. The highest BCUT2D eigenvalue weighted by Crippen LogP contribution is 2.39. The molecular weight excluding hydrogens is 468 g/mol. The van der Waals surface area contributed by atoms with E-state index in [1.807, 2.05) is 29.6 Å². The van der Waals surface area contributed by atoms with E-state index in [4.69, 9.17) is 9.47 Å². The van der Waals surface area contributed by atoms with Crippen LogP contribution < -0.4 is 14.8 Å². The number of carbonyl (C=O) groups is 3. The molecular formula is C25H28N4O5S. The van der Waals surface area contributed by atoms with E-state index in [1.54, 1.807) is 31.6 Å². The molecule has 4 amide bonds. The molecule has 9 nitrogen and oxygen atoms in total. The summed E-state index contributed by atoms with van der Waals surface area (Å²) >= 11 is 1.55. The van der Waals surface area contributed by atoms with Crippen LogP contribution in [0, 0.1) is 0 Å². The molecule has 1 N–H and O–H groups in total. The van der Waals surface area contributed by atoms with Crippen molar-refractivity contribution in [1.82, 2.24) is 15.2 Å². The highest BCUT2D eigenvalue weighted by molar-refractivity contribution is 7.12. The average Bonchev–Trinajstić information content (AvgIpc) is 3.61. The van der Waals surface area contributed by atoms with Gasteiger partial charge in [0.2, 0.25) is 0 Å². The predicted octanol–water partition coefficient (Wildman–Crippen LogP) is 3.70. The van der Waals surface area contributed by atoms with Crippen molar-refractivity contribution in [3.8, 4) is 11.5 Å². The first-order valence-corrected chi connectivity index (χ1v) is 12.6. The standard InChI is InChI=1S/C25H28N4O5S/c1-33-19-9-8-16(13-20(19)34-2)18-14-17(21-7-6-12-35-21)27-29(18)22(30)15-28-23(31)25(26-24(28)32)10-4-3-5-11-25/h6-9,12-13,18H,3-5,10-11,14-15H2,1-2H3,(H,26,32)/t18-/m1/s1. The first kappa shape index (κ1) is 23.3. The number of rotatable bonds is 6. The normalized spacial score (nSPS) is 21.3. The van der Waals surface area contributed by atoms with Crippen LogP contribution in [0.4, 0.5) is 4.79 Å². The number of hydrogen-bond donors (Lipinski definition) is 1. The minimum atomic E-state index is -0.866. The Hall–Kier alpha value is -3.40. The van der Waals surface area contributed by atoms with Gasteiger partial charge < -0.3 is 14.8 Å². The van der Waals surface area contributed by atoms with Crippen LogP contribution in [0.1, 0.15) is 55.0 Å². The first-order valence-electron chi connectivity index (χ1n) is 11.8. The van der Waals surface area contributed by atoms with E-state index in [1.165, 1.54) is 5.01 Å². The third kappa shape index (κ3) is 4.16. The molecule has 1 atom stereocenters. The number of benzene rings is 1. The van der Waals surface area contributed by atoms with Gasteiger partial charge in [0.1, 0.15) is 12.1 Å². The number of hydrazone groups is 1. The highest BCUT2D eigenvalue weighted by atomic mass is 32.1.